The Morgan fingerprint density at radius 2 is 2.21 bits per heavy atom. The first-order valence-corrected chi connectivity index (χ1v) is 9.59. The number of hydrogen-bond acceptors (Lipinski definition) is 6. The van der Waals surface area contributed by atoms with Gasteiger partial charge < -0.3 is 5.32 Å². The lowest BCUT2D eigenvalue weighted by atomic mass is 10.2. The molecule has 0 aliphatic carbocycles. The van der Waals surface area contributed by atoms with E-state index in [1.54, 1.807) is 15.9 Å². The Labute approximate surface area is 148 Å². The van der Waals surface area contributed by atoms with E-state index in [-0.39, 0.29) is 5.69 Å². The van der Waals surface area contributed by atoms with Crippen LogP contribution in [0.2, 0.25) is 0 Å². The minimum Gasteiger partial charge on any atom is -0.331 e. The van der Waals surface area contributed by atoms with E-state index in [1.165, 1.54) is 17.3 Å². The molecule has 0 unspecified atom stereocenters. The second-order valence-electron chi connectivity index (χ2n) is 5.34. The fourth-order valence-corrected chi connectivity index (χ4v) is 3.92. The molecule has 3 aromatic rings. The molecular weight excluding hydrogens is 342 g/mol. The standard InChI is InChI=1S/C16H19N5OS2/c1-3-8-21-15(22)19-20-16(21)24-10-12-9-23-14(17-12)18-13-7-5-4-6-11(13)2/h4-7,9H,3,8,10H2,1-2H3,(H,17,18)(H,19,22). The van der Waals surface area contributed by atoms with Crippen molar-refractivity contribution in [3.05, 3.63) is 51.4 Å². The number of hydrogen-bond donors (Lipinski definition) is 2. The van der Waals surface area contributed by atoms with Gasteiger partial charge in [-0.15, -0.1) is 16.4 Å². The highest BCUT2D eigenvalue weighted by atomic mass is 32.2. The minimum absolute atomic E-state index is 0.153. The zero-order valence-corrected chi connectivity index (χ0v) is 15.2. The van der Waals surface area contributed by atoms with E-state index < -0.39 is 0 Å². The van der Waals surface area contributed by atoms with Gasteiger partial charge in [0.05, 0.1) is 5.69 Å². The number of rotatable bonds is 7. The summed E-state index contributed by atoms with van der Waals surface area (Å²) >= 11 is 3.10. The van der Waals surface area contributed by atoms with Crippen molar-refractivity contribution in [3.63, 3.8) is 0 Å². The second-order valence-corrected chi connectivity index (χ2v) is 7.14. The number of aryl methyl sites for hydroxylation is 1. The highest BCUT2D eigenvalue weighted by Crippen LogP contribution is 2.26. The first-order valence-electron chi connectivity index (χ1n) is 7.72. The van der Waals surface area contributed by atoms with Gasteiger partial charge in [-0.3, -0.25) is 4.57 Å². The number of para-hydroxylation sites is 1. The Bertz CT molecular complexity index is 867. The number of benzene rings is 1. The third kappa shape index (κ3) is 3.88. The maximum atomic E-state index is 11.7. The second kappa shape index (κ2) is 7.67. The van der Waals surface area contributed by atoms with Crippen molar-refractivity contribution in [2.75, 3.05) is 5.32 Å². The third-order valence-electron chi connectivity index (χ3n) is 3.46. The molecule has 0 saturated carbocycles. The summed E-state index contributed by atoms with van der Waals surface area (Å²) in [6.45, 7) is 4.78. The normalized spacial score (nSPS) is 10.9. The van der Waals surface area contributed by atoms with Crippen molar-refractivity contribution in [2.45, 2.75) is 37.7 Å². The van der Waals surface area contributed by atoms with Crippen LogP contribution < -0.4 is 11.0 Å². The molecule has 24 heavy (non-hydrogen) atoms. The van der Waals surface area contributed by atoms with Crippen LogP contribution >= 0.6 is 23.1 Å². The monoisotopic (exact) mass is 361 g/mol. The van der Waals surface area contributed by atoms with E-state index in [0.717, 1.165) is 22.9 Å². The summed E-state index contributed by atoms with van der Waals surface area (Å²) in [6, 6.07) is 8.13. The fraction of sp³-hybridized carbons (Fsp3) is 0.312. The number of nitrogens with zero attached hydrogens (tertiary/aromatic N) is 3. The van der Waals surface area contributed by atoms with Crippen molar-refractivity contribution < 1.29 is 0 Å². The lowest BCUT2D eigenvalue weighted by molar-refractivity contribution is 0.604. The number of nitrogens with one attached hydrogen (secondary N) is 2. The smallest absolute Gasteiger partial charge is 0.331 e. The molecule has 0 fully saturated rings. The summed E-state index contributed by atoms with van der Waals surface area (Å²) in [5, 5.41) is 13.6. The van der Waals surface area contributed by atoms with Crippen LogP contribution in [0.3, 0.4) is 0 Å². The van der Waals surface area contributed by atoms with Gasteiger partial charge in [-0.25, -0.2) is 14.9 Å². The SMILES string of the molecule is CCCn1c(SCc2csc(Nc3ccccc3C)n2)n[nH]c1=O. The molecule has 0 bridgehead atoms. The van der Waals surface area contributed by atoms with Crippen molar-refractivity contribution in [1.82, 2.24) is 19.7 Å². The number of thioether (sulfide) groups is 1. The summed E-state index contributed by atoms with van der Waals surface area (Å²) in [4.78, 5) is 16.3. The molecule has 0 radical (unpaired) electrons. The van der Waals surface area contributed by atoms with Crippen LogP contribution in [0.15, 0.2) is 39.6 Å². The molecule has 1 aromatic carbocycles. The van der Waals surface area contributed by atoms with Gasteiger partial charge in [-0.2, -0.15) is 0 Å². The number of H-pyrrole nitrogens is 1. The van der Waals surface area contributed by atoms with E-state index in [4.69, 9.17) is 0 Å². The average Bonchev–Trinajstić information content (AvgIpc) is 3.16. The Kier molecular flexibility index (Phi) is 5.37. The summed E-state index contributed by atoms with van der Waals surface area (Å²) in [5.41, 5.74) is 3.07. The van der Waals surface area contributed by atoms with Gasteiger partial charge in [0.25, 0.3) is 0 Å². The first-order chi connectivity index (χ1) is 11.7. The van der Waals surface area contributed by atoms with Crippen LogP contribution in [-0.4, -0.2) is 19.7 Å². The number of thiazole rings is 1. The highest BCUT2D eigenvalue weighted by molar-refractivity contribution is 7.98. The molecule has 0 atom stereocenters. The van der Waals surface area contributed by atoms with Crippen LogP contribution in [0.5, 0.6) is 0 Å². The molecule has 0 aliphatic heterocycles. The maximum Gasteiger partial charge on any atom is 0.343 e. The van der Waals surface area contributed by atoms with E-state index in [2.05, 4.69) is 33.5 Å². The molecule has 3 rings (SSSR count). The lowest BCUT2D eigenvalue weighted by Gasteiger charge is -2.05. The van der Waals surface area contributed by atoms with Gasteiger partial charge in [0.2, 0.25) is 0 Å². The molecule has 6 nitrogen and oxygen atoms in total. The Balaban J connectivity index is 1.65. The average molecular weight is 361 g/mol. The molecule has 0 saturated heterocycles. The van der Waals surface area contributed by atoms with E-state index in [0.29, 0.717) is 17.5 Å². The molecule has 8 heteroatoms. The van der Waals surface area contributed by atoms with Gasteiger partial charge >= 0.3 is 5.69 Å². The van der Waals surface area contributed by atoms with Crippen molar-refractivity contribution in [2.24, 2.45) is 0 Å². The van der Waals surface area contributed by atoms with Crippen molar-refractivity contribution >= 4 is 33.9 Å². The quantitative estimate of drug-likeness (QED) is 0.626. The van der Waals surface area contributed by atoms with Crippen LogP contribution in [0.1, 0.15) is 24.6 Å². The Hall–Kier alpha value is -2.06. The molecule has 0 amide bonds. The van der Waals surface area contributed by atoms with E-state index >= 15 is 0 Å². The van der Waals surface area contributed by atoms with E-state index in [1.807, 2.05) is 30.5 Å². The minimum atomic E-state index is -0.153. The molecule has 2 heterocycles. The largest absolute Gasteiger partial charge is 0.343 e. The van der Waals surface area contributed by atoms with Crippen LogP contribution in [0, 0.1) is 6.92 Å². The first kappa shape index (κ1) is 16.8. The molecule has 126 valence electrons. The zero-order chi connectivity index (χ0) is 16.9. The molecule has 0 spiro atoms. The van der Waals surface area contributed by atoms with E-state index in [9.17, 15) is 4.79 Å². The van der Waals surface area contributed by atoms with Gasteiger partial charge in [0.15, 0.2) is 10.3 Å². The van der Waals surface area contributed by atoms with Crippen LogP contribution in [0.25, 0.3) is 0 Å². The Morgan fingerprint density at radius 1 is 1.38 bits per heavy atom. The lowest BCUT2D eigenvalue weighted by Crippen LogP contribution is -2.17. The summed E-state index contributed by atoms with van der Waals surface area (Å²) < 4.78 is 1.67. The number of aromatic amines is 1. The van der Waals surface area contributed by atoms with Crippen molar-refractivity contribution in [3.8, 4) is 0 Å². The zero-order valence-electron chi connectivity index (χ0n) is 13.6. The summed E-state index contributed by atoms with van der Waals surface area (Å²) in [6.07, 6.45) is 0.897. The van der Waals surface area contributed by atoms with Crippen LogP contribution in [-0.2, 0) is 12.3 Å². The topological polar surface area (TPSA) is 75.6 Å². The van der Waals surface area contributed by atoms with Crippen molar-refractivity contribution in [1.29, 1.82) is 0 Å². The fourth-order valence-electron chi connectivity index (χ4n) is 2.23. The summed E-state index contributed by atoms with van der Waals surface area (Å²) in [5.74, 6) is 0.681. The molecular formula is C16H19N5OS2. The molecule has 2 aromatic heterocycles. The number of aromatic nitrogens is 4. The molecule has 0 aliphatic rings. The summed E-state index contributed by atoms with van der Waals surface area (Å²) in [7, 11) is 0. The predicted octanol–water partition coefficient (Wildman–Crippen LogP) is 3.78. The maximum absolute atomic E-state index is 11.7. The van der Waals surface area contributed by atoms with Crippen LogP contribution in [0.4, 0.5) is 10.8 Å². The number of anilines is 2. The van der Waals surface area contributed by atoms with Gasteiger partial charge in [-0.05, 0) is 25.0 Å². The molecule has 2 N–H and O–H groups in total. The van der Waals surface area contributed by atoms with Gasteiger partial charge in [0.1, 0.15) is 0 Å². The van der Waals surface area contributed by atoms with Gasteiger partial charge in [0, 0.05) is 23.4 Å². The Morgan fingerprint density at radius 3 is 3.00 bits per heavy atom. The predicted molar refractivity (Wildman–Crippen MR) is 99.3 cm³/mol. The van der Waals surface area contributed by atoms with Gasteiger partial charge in [-0.1, -0.05) is 36.9 Å². The highest BCUT2D eigenvalue weighted by Gasteiger charge is 2.10. The third-order valence-corrected chi connectivity index (χ3v) is 5.27.